The molecule has 2 aliphatic carbocycles. The number of nitrogens with one attached hydrogen (secondary N) is 1. The number of anilines is 1. The number of hydrogen-bond donors (Lipinski definition) is 4. The van der Waals surface area contributed by atoms with Crippen molar-refractivity contribution in [3.8, 4) is 0 Å². The van der Waals surface area contributed by atoms with Crippen LogP contribution in [0.15, 0.2) is 35.5 Å². The topological polar surface area (TPSA) is 129 Å². The summed E-state index contributed by atoms with van der Waals surface area (Å²) >= 11 is 1.61. The molecule has 4 N–H and O–H groups in total. The Hall–Kier alpha value is -2.27. The number of nitrogens with zero attached hydrogens (tertiary/aromatic N) is 5. The first kappa shape index (κ1) is 23.5. The molecule has 0 radical (unpaired) electrons. The second kappa shape index (κ2) is 10.2. The van der Waals surface area contributed by atoms with Crippen LogP contribution in [0.4, 0.5) is 5.82 Å². The Balaban J connectivity index is 1.44. The second-order valence-corrected chi connectivity index (χ2v) is 10.4. The fourth-order valence-corrected chi connectivity index (χ4v) is 5.67. The zero-order valence-electron chi connectivity index (χ0n) is 19.3. The average molecular weight is 485 g/mol. The van der Waals surface area contributed by atoms with E-state index >= 15 is 0 Å². The summed E-state index contributed by atoms with van der Waals surface area (Å²) in [7, 11) is 0. The number of fused-ring (bicyclic) bond motifs is 1. The number of rotatable bonds is 10. The van der Waals surface area contributed by atoms with E-state index in [1.807, 2.05) is 6.07 Å². The first-order valence-electron chi connectivity index (χ1n) is 12.1. The molecule has 182 valence electrons. The number of aromatic nitrogens is 5. The van der Waals surface area contributed by atoms with Crippen LogP contribution in [0.1, 0.15) is 56.6 Å². The molecule has 2 aromatic heterocycles. The molecular formula is C24H32N6O3S. The van der Waals surface area contributed by atoms with Crippen molar-refractivity contribution in [3.05, 3.63) is 35.9 Å². The van der Waals surface area contributed by atoms with Crippen LogP contribution in [0.2, 0.25) is 0 Å². The first-order chi connectivity index (χ1) is 16.6. The molecule has 0 spiro atoms. The average Bonchev–Trinajstić information content (AvgIpc) is 3.40. The Bertz CT molecular complexity index is 1110. The lowest BCUT2D eigenvalue weighted by atomic mass is 10.1. The maximum atomic E-state index is 10.6. The van der Waals surface area contributed by atoms with Gasteiger partial charge in [-0.15, -0.1) is 5.10 Å². The minimum Gasteiger partial charge on any atom is -0.396 e. The molecule has 0 aliphatic heterocycles. The fourth-order valence-electron chi connectivity index (χ4n) is 4.84. The Morgan fingerprint density at radius 3 is 2.65 bits per heavy atom. The number of benzene rings is 1. The van der Waals surface area contributed by atoms with Crippen molar-refractivity contribution >= 4 is 28.7 Å². The normalized spacial score (nSPS) is 28.5. The largest absolute Gasteiger partial charge is 0.396 e. The van der Waals surface area contributed by atoms with E-state index in [1.165, 1.54) is 5.56 Å². The van der Waals surface area contributed by atoms with E-state index < -0.39 is 24.2 Å². The third kappa shape index (κ3) is 4.64. The molecule has 1 aromatic carbocycles. The Morgan fingerprint density at radius 1 is 1.09 bits per heavy atom. The van der Waals surface area contributed by atoms with E-state index in [9.17, 15) is 15.3 Å². The molecule has 0 bridgehead atoms. The summed E-state index contributed by atoms with van der Waals surface area (Å²) in [4.78, 5) is 9.53. The van der Waals surface area contributed by atoms with Crippen LogP contribution in [0.25, 0.3) is 11.2 Å². The monoisotopic (exact) mass is 484 g/mol. The predicted molar refractivity (Wildman–Crippen MR) is 131 cm³/mol. The fraction of sp³-hybridized carbons (Fsp3) is 0.583. The first-order valence-corrected chi connectivity index (χ1v) is 13.1. The van der Waals surface area contributed by atoms with Gasteiger partial charge in [0.2, 0.25) is 0 Å². The lowest BCUT2D eigenvalue weighted by Crippen LogP contribution is -2.30. The molecule has 6 atom stereocenters. The molecule has 2 unspecified atom stereocenters. The maximum Gasteiger partial charge on any atom is 0.191 e. The smallest absolute Gasteiger partial charge is 0.191 e. The van der Waals surface area contributed by atoms with E-state index in [1.54, 1.807) is 16.4 Å². The van der Waals surface area contributed by atoms with Gasteiger partial charge in [0.15, 0.2) is 22.1 Å². The quantitative estimate of drug-likeness (QED) is 0.195. The van der Waals surface area contributed by atoms with Crippen LogP contribution >= 0.6 is 11.8 Å². The summed E-state index contributed by atoms with van der Waals surface area (Å²) in [5, 5.41) is 43.4. The van der Waals surface area contributed by atoms with Gasteiger partial charge in [-0.3, -0.25) is 0 Å². The molecule has 9 nitrogen and oxygen atoms in total. The minimum absolute atomic E-state index is 0.190. The summed E-state index contributed by atoms with van der Waals surface area (Å²) in [6, 6.07) is 10.2. The number of aliphatic hydroxyl groups is 3. The van der Waals surface area contributed by atoms with Crippen molar-refractivity contribution in [2.45, 2.75) is 74.4 Å². The molecule has 2 saturated carbocycles. The Morgan fingerprint density at radius 2 is 1.91 bits per heavy atom. The summed E-state index contributed by atoms with van der Waals surface area (Å²) in [5.74, 6) is 1.61. The van der Waals surface area contributed by atoms with Crippen LogP contribution in [-0.4, -0.2) is 70.9 Å². The van der Waals surface area contributed by atoms with Crippen molar-refractivity contribution in [1.82, 2.24) is 25.0 Å². The van der Waals surface area contributed by atoms with E-state index in [0.29, 0.717) is 34.5 Å². The Labute approximate surface area is 203 Å². The van der Waals surface area contributed by atoms with Crippen LogP contribution in [0.5, 0.6) is 0 Å². The lowest BCUT2D eigenvalue weighted by Gasteiger charge is -2.17. The third-order valence-electron chi connectivity index (χ3n) is 6.94. The van der Waals surface area contributed by atoms with Crippen LogP contribution < -0.4 is 5.32 Å². The summed E-state index contributed by atoms with van der Waals surface area (Å²) in [6.07, 6.45) is 2.79. The molecule has 3 aromatic rings. The lowest BCUT2D eigenvalue weighted by molar-refractivity contribution is -0.00512. The van der Waals surface area contributed by atoms with E-state index in [0.717, 1.165) is 31.4 Å². The van der Waals surface area contributed by atoms with E-state index in [-0.39, 0.29) is 12.6 Å². The second-order valence-electron chi connectivity index (χ2n) is 9.35. The van der Waals surface area contributed by atoms with Gasteiger partial charge in [-0.1, -0.05) is 67.1 Å². The van der Waals surface area contributed by atoms with Gasteiger partial charge in [0.1, 0.15) is 6.10 Å². The Kier molecular flexibility index (Phi) is 7.01. The van der Waals surface area contributed by atoms with Crippen molar-refractivity contribution in [2.24, 2.45) is 5.92 Å². The number of aliphatic hydroxyl groups excluding tert-OH is 3. The molecule has 34 heavy (non-hydrogen) atoms. The van der Waals surface area contributed by atoms with E-state index in [2.05, 4.69) is 46.8 Å². The summed E-state index contributed by atoms with van der Waals surface area (Å²) in [6.45, 7) is 1.99. The third-order valence-corrected chi connectivity index (χ3v) is 7.88. The van der Waals surface area contributed by atoms with Crippen molar-refractivity contribution < 1.29 is 15.3 Å². The molecule has 2 heterocycles. The van der Waals surface area contributed by atoms with Crippen molar-refractivity contribution in [2.75, 3.05) is 17.7 Å². The van der Waals surface area contributed by atoms with Crippen LogP contribution in [0, 0.1) is 5.92 Å². The van der Waals surface area contributed by atoms with Gasteiger partial charge < -0.3 is 20.6 Å². The molecule has 2 aliphatic rings. The van der Waals surface area contributed by atoms with E-state index in [4.69, 9.17) is 9.97 Å². The van der Waals surface area contributed by atoms with Gasteiger partial charge in [0.05, 0.1) is 12.1 Å². The molecule has 2 fully saturated rings. The minimum atomic E-state index is -1.04. The summed E-state index contributed by atoms with van der Waals surface area (Å²) < 4.78 is 1.60. The van der Waals surface area contributed by atoms with Gasteiger partial charge in [-0.05, 0) is 24.8 Å². The number of hydrogen-bond acceptors (Lipinski definition) is 9. The van der Waals surface area contributed by atoms with Gasteiger partial charge in [0.25, 0.3) is 0 Å². The predicted octanol–water partition coefficient (Wildman–Crippen LogP) is 2.75. The van der Waals surface area contributed by atoms with Crippen LogP contribution in [-0.2, 0) is 0 Å². The number of unbranched alkanes of at least 4 members (excludes halogenated alkanes) is 2. The number of thioether (sulfide) groups is 1. The highest BCUT2D eigenvalue weighted by atomic mass is 32.2. The zero-order chi connectivity index (χ0) is 23.7. The maximum absolute atomic E-state index is 10.6. The SMILES string of the molecule is CCCCCSc1nc(NC2CC2c2ccccc2)c2nnn([C@@H]3C[C@H](CO)[C@@H](O)[C@H]3O)c2n1. The van der Waals surface area contributed by atoms with Gasteiger partial charge in [-0.2, -0.15) is 0 Å². The standard InChI is InChI=1S/C24H32N6O3S/c1-2-3-7-10-34-24-26-22(25-17-12-16(17)14-8-5-4-6-9-14)19-23(27-24)30(29-28-19)18-11-15(13-31)20(32)21(18)33/h4-6,8-9,15-18,20-21,31-33H,2-3,7,10-13H2,1H3,(H,25,26,27)/t15-,16?,17?,18-,20-,21+/m1/s1. The van der Waals surface area contributed by atoms with Crippen LogP contribution in [0.3, 0.4) is 0 Å². The molecule has 10 heteroatoms. The highest BCUT2D eigenvalue weighted by molar-refractivity contribution is 7.99. The molecular weight excluding hydrogens is 452 g/mol. The van der Waals surface area contributed by atoms with Crippen molar-refractivity contribution in [1.29, 1.82) is 0 Å². The highest BCUT2D eigenvalue weighted by Crippen LogP contribution is 2.43. The van der Waals surface area contributed by atoms with Crippen molar-refractivity contribution in [3.63, 3.8) is 0 Å². The van der Waals surface area contributed by atoms with Gasteiger partial charge in [0, 0.05) is 30.2 Å². The molecule has 0 amide bonds. The summed E-state index contributed by atoms with van der Waals surface area (Å²) in [5.41, 5.74) is 2.41. The van der Waals surface area contributed by atoms with Gasteiger partial charge >= 0.3 is 0 Å². The molecule has 0 saturated heterocycles. The molecule has 5 rings (SSSR count). The zero-order valence-corrected chi connectivity index (χ0v) is 20.1. The van der Waals surface area contributed by atoms with Gasteiger partial charge in [-0.25, -0.2) is 14.6 Å². The highest BCUT2D eigenvalue weighted by Gasteiger charge is 2.44.